The van der Waals surface area contributed by atoms with Crippen molar-refractivity contribution >= 4 is 17.1 Å². The van der Waals surface area contributed by atoms with Gasteiger partial charge in [0.05, 0.1) is 22.9 Å². The minimum absolute atomic E-state index is 0.165. The van der Waals surface area contributed by atoms with Gasteiger partial charge < -0.3 is 14.8 Å². The molecular formula is C19H30BNO5S. The van der Waals surface area contributed by atoms with Crippen molar-refractivity contribution in [3.63, 3.8) is 0 Å². The molecule has 0 spiro atoms. The highest BCUT2D eigenvalue weighted by atomic mass is 32.2. The Morgan fingerprint density at radius 2 is 1.93 bits per heavy atom. The van der Waals surface area contributed by atoms with E-state index in [1.165, 1.54) is 0 Å². The third-order valence-electron chi connectivity index (χ3n) is 6.76. The summed E-state index contributed by atoms with van der Waals surface area (Å²) in [6, 6.07) is 8.88. The van der Waals surface area contributed by atoms with Crippen LogP contribution in [-0.2, 0) is 20.4 Å². The molecule has 27 heavy (non-hydrogen) atoms. The lowest BCUT2D eigenvalue weighted by molar-refractivity contribution is -0.305. The Kier molecular flexibility index (Phi) is 5.27. The Balaban J connectivity index is 1.68. The first-order valence-electron chi connectivity index (χ1n) is 9.52. The van der Waals surface area contributed by atoms with Crippen LogP contribution in [0.4, 0.5) is 0 Å². The van der Waals surface area contributed by atoms with Gasteiger partial charge in [-0.2, -0.15) is 0 Å². The van der Waals surface area contributed by atoms with Crippen molar-refractivity contribution < 1.29 is 23.2 Å². The van der Waals surface area contributed by atoms with E-state index in [1.54, 1.807) is 38.1 Å². The summed E-state index contributed by atoms with van der Waals surface area (Å²) < 4.78 is 33.4. The molecule has 3 fully saturated rings. The maximum absolute atomic E-state index is 12.4. The topological polar surface area (TPSA) is 95.9 Å². The highest BCUT2D eigenvalue weighted by molar-refractivity contribution is 7.88. The van der Waals surface area contributed by atoms with Crippen molar-refractivity contribution in [3.8, 4) is 0 Å². The van der Waals surface area contributed by atoms with Crippen LogP contribution in [0.2, 0.25) is 0 Å². The van der Waals surface area contributed by atoms with Gasteiger partial charge in [0.25, 0.3) is 0 Å². The quantitative estimate of drug-likeness (QED) is 0.613. The lowest BCUT2D eigenvalue weighted by atomic mass is 9.40. The molecule has 0 saturated heterocycles. The van der Waals surface area contributed by atoms with E-state index in [4.69, 9.17) is 4.65 Å². The molecule has 4 rings (SSSR count). The largest absolute Gasteiger partial charge is 0.473 e. The standard InChI is InChI=1S/C19H30BNO5S/c1-14(21-27(24,25)13-15-8-6-5-7-9-15)20(23)26-19-12-16(17(19,2)3)10-11-18(19,4)22/h5-9,14,16,21-23H,10-13H2,1-4H3/t14-,16?,18?,19?/m0/s1. The van der Waals surface area contributed by atoms with Crippen molar-refractivity contribution in [2.75, 3.05) is 0 Å². The third kappa shape index (κ3) is 3.58. The summed E-state index contributed by atoms with van der Waals surface area (Å²) in [5.74, 6) is -0.558. The number of hydrogen-bond donors (Lipinski definition) is 3. The molecule has 3 unspecified atom stereocenters. The van der Waals surface area contributed by atoms with Gasteiger partial charge >= 0.3 is 7.12 Å². The minimum atomic E-state index is -3.64. The van der Waals surface area contributed by atoms with Gasteiger partial charge in [0, 0.05) is 0 Å². The summed E-state index contributed by atoms with van der Waals surface area (Å²) in [5.41, 5.74) is -1.54. The lowest BCUT2D eigenvalue weighted by Gasteiger charge is -2.71. The molecule has 0 aliphatic heterocycles. The number of benzene rings is 1. The lowest BCUT2D eigenvalue weighted by Crippen LogP contribution is -2.77. The fourth-order valence-electron chi connectivity index (χ4n) is 4.91. The van der Waals surface area contributed by atoms with Gasteiger partial charge in [-0.3, -0.25) is 0 Å². The maximum atomic E-state index is 12.4. The number of nitrogens with one attached hydrogen (secondary N) is 1. The summed E-state index contributed by atoms with van der Waals surface area (Å²) in [4.78, 5) is 0. The molecular weight excluding hydrogens is 365 g/mol. The van der Waals surface area contributed by atoms with Crippen LogP contribution in [0.3, 0.4) is 0 Å². The maximum Gasteiger partial charge on any atom is 0.473 e. The van der Waals surface area contributed by atoms with Gasteiger partial charge in [-0.1, -0.05) is 51.1 Å². The second-order valence-corrected chi connectivity index (χ2v) is 10.7. The van der Waals surface area contributed by atoms with Crippen molar-refractivity contribution in [2.45, 2.75) is 69.9 Å². The summed E-state index contributed by atoms with van der Waals surface area (Å²) in [6.45, 7) is 7.42. The average Bonchev–Trinajstić information content (AvgIpc) is 2.55. The summed E-state index contributed by atoms with van der Waals surface area (Å²) >= 11 is 0. The van der Waals surface area contributed by atoms with E-state index in [1.807, 2.05) is 19.9 Å². The van der Waals surface area contributed by atoms with Crippen LogP contribution in [0.5, 0.6) is 0 Å². The van der Waals surface area contributed by atoms with E-state index in [-0.39, 0.29) is 11.2 Å². The van der Waals surface area contributed by atoms with Crippen molar-refractivity contribution in [3.05, 3.63) is 35.9 Å². The zero-order chi connectivity index (χ0) is 20.1. The molecule has 1 aromatic carbocycles. The molecule has 8 heteroatoms. The fourth-order valence-corrected chi connectivity index (χ4v) is 6.31. The Morgan fingerprint density at radius 3 is 2.48 bits per heavy atom. The second-order valence-electron chi connectivity index (χ2n) is 8.92. The number of fused-ring (bicyclic) bond motifs is 2. The molecule has 150 valence electrons. The average molecular weight is 395 g/mol. The van der Waals surface area contributed by atoms with Gasteiger partial charge in [0.1, 0.15) is 0 Å². The molecule has 2 bridgehead atoms. The number of hydrogen-bond acceptors (Lipinski definition) is 5. The van der Waals surface area contributed by atoms with E-state index in [0.717, 1.165) is 6.42 Å². The SMILES string of the molecule is C[C@H](NS(=O)(=O)Cc1ccccc1)B(O)OC12CC(CCC1(C)O)C2(C)C. The molecule has 6 nitrogen and oxygen atoms in total. The van der Waals surface area contributed by atoms with Crippen LogP contribution in [0.1, 0.15) is 52.5 Å². The van der Waals surface area contributed by atoms with Crippen LogP contribution in [0.15, 0.2) is 30.3 Å². The van der Waals surface area contributed by atoms with Crippen LogP contribution < -0.4 is 4.72 Å². The van der Waals surface area contributed by atoms with Gasteiger partial charge in [-0.25, -0.2) is 13.1 Å². The van der Waals surface area contributed by atoms with Crippen LogP contribution in [0, 0.1) is 11.3 Å². The first kappa shape index (κ1) is 20.8. The summed E-state index contributed by atoms with van der Waals surface area (Å²) in [7, 11) is -4.98. The van der Waals surface area contributed by atoms with E-state index < -0.39 is 34.3 Å². The van der Waals surface area contributed by atoms with Gasteiger partial charge in [0.2, 0.25) is 10.0 Å². The second kappa shape index (κ2) is 6.85. The third-order valence-corrected chi connectivity index (χ3v) is 8.20. The molecule has 0 radical (unpaired) electrons. The Bertz CT molecular complexity index is 773. The molecule has 4 atom stereocenters. The normalized spacial score (nSPS) is 33.2. The van der Waals surface area contributed by atoms with Crippen molar-refractivity contribution in [1.29, 1.82) is 0 Å². The van der Waals surface area contributed by atoms with Gasteiger partial charge in [-0.15, -0.1) is 0 Å². The monoisotopic (exact) mass is 395 g/mol. The van der Waals surface area contributed by atoms with Crippen LogP contribution >= 0.6 is 0 Å². The Hall–Kier alpha value is -0.925. The predicted molar refractivity (Wildman–Crippen MR) is 105 cm³/mol. The molecule has 3 saturated carbocycles. The first-order valence-corrected chi connectivity index (χ1v) is 11.2. The van der Waals surface area contributed by atoms with Crippen molar-refractivity contribution in [1.82, 2.24) is 4.72 Å². The van der Waals surface area contributed by atoms with E-state index in [2.05, 4.69) is 4.72 Å². The highest BCUT2D eigenvalue weighted by Crippen LogP contribution is 2.67. The number of sulfonamides is 1. The fraction of sp³-hybridized carbons (Fsp3) is 0.684. The number of aliphatic hydroxyl groups is 1. The minimum Gasteiger partial charge on any atom is -0.426 e. The molecule has 0 aromatic heterocycles. The summed E-state index contributed by atoms with van der Waals surface area (Å²) in [6.07, 6.45) is 2.22. The predicted octanol–water partition coefficient (Wildman–Crippen LogP) is 1.86. The zero-order valence-corrected chi connectivity index (χ0v) is 17.3. The highest BCUT2D eigenvalue weighted by Gasteiger charge is 2.71. The molecule has 3 aliphatic rings. The van der Waals surface area contributed by atoms with Gasteiger partial charge in [-0.05, 0) is 43.1 Å². The molecule has 3 aliphatic carbocycles. The number of rotatable bonds is 7. The molecule has 0 heterocycles. The summed E-state index contributed by atoms with van der Waals surface area (Å²) in [5, 5.41) is 21.5. The van der Waals surface area contributed by atoms with E-state index >= 15 is 0 Å². The Labute approximate surface area is 162 Å². The van der Waals surface area contributed by atoms with Crippen LogP contribution in [-0.4, -0.2) is 42.8 Å². The van der Waals surface area contributed by atoms with E-state index in [9.17, 15) is 18.5 Å². The van der Waals surface area contributed by atoms with Crippen molar-refractivity contribution in [2.24, 2.45) is 11.3 Å². The van der Waals surface area contributed by atoms with Crippen LogP contribution in [0.25, 0.3) is 0 Å². The first-order chi connectivity index (χ1) is 12.4. The molecule has 1 aromatic rings. The Morgan fingerprint density at radius 1 is 1.30 bits per heavy atom. The molecule has 0 amide bonds. The van der Waals surface area contributed by atoms with Gasteiger partial charge in [0.15, 0.2) is 0 Å². The zero-order valence-electron chi connectivity index (χ0n) is 16.5. The van der Waals surface area contributed by atoms with E-state index in [0.29, 0.717) is 24.3 Å². The molecule has 3 N–H and O–H groups in total. The smallest absolute Gasteiger partial charge is 0.426 e.